The van der Waals surface area contributed by atoms with Crippen molar-refractivity contribution in [3.8, 4) is 0 Å². The second-order valence-corrected chi connectivity index (χ2v) is 5.39. The standard InChI is InChI=1S/C11H19BrN4S/c1-13-10-9(12)11(16-8-15-10)14-6-4-3-5-7-17-2/h8H,3-7H2,1-2H3,(H2,13,14,15,16). The maximum absolute atomic E-state index is 4.21. The molecule has 0 atom stereocenters. The Morgan fingerprint density at radius 3 is 2.71 bits per heavy atom. The normalized spacial score (nSPS) is 10.3. The van der Waals surface area contributed by atoms with Crippen molar-refractivity contribution in [1.82, 2.24) is 9.97 Å². The van der Waals surface area contributed by atoms with Crippen molar-refractivity contribution >= 4 is 39.3 Å². The van der Waals surface area contributed by atoms with E-state index in [2.05, 4.69) is 42.8 Å². The zero-order chi connectivity index (χ0) is 12.5. The van der Waals surface area contributed by atoms with Gasteiger partial charge in [0.1, 0.15) is 22.4 Å². The molecule has 0 unspecified atom stereocenters. The zero-order valence-corrected chi connectivity index (χ0v) is 12.7. The molecule has 1 aromatic rings. The Labute approximate surface area is 116 Å². The Morgan fingerprint density at radius 2 is 2.00 bits per heavy atom. The van der Waals surface area contributed by atoms with Crippen molar-refractivity contribution in [3.05, 3.63) is 10.8 Å². The minimum absolute atomic E-state index is 0.810. The summed E-state index contributed by atoms with van der Waals surface area (Å²) >= 11 is 5.39. The highest BCUT2D eigenvalue weighted by Crippen LogP contribution is 2.25. The van der Waals surface area contributed by atoms with Gasteiger partial charge in [-0.25, -0.2) is 9.97 Å². The zero-order valence-electron chi connectivity index (χ0n) is 10.3. The van der Waals surface area contributed by atoms with Crippen LogP contribution in [-0.2, 0) is 0 Å². The van der Waals surface area contributed by atoms with Gasteiger partial charge in [0.05, 0.1) is 0 Å². The molecule has 0 bridgehead atoms. The molecule has 0 amide bonds. The van der Waals surface area contributed by atoms with Gasteiger partial charge in [0, 0.05) is 13.6 Å². The lowest BCUT2D eigenvalue weighted by Crippen LogP contribution is -2.06. The van der Waals surface area contributed by atoms with Crippen LogP contribution < -0.4 is 10.6 Å². The van der Waals surface area contributed by atoms with Crippen LogP contribution in [-0.4, -0.2) is 35.6 Å². The number of rotatable bonds is 8. The Morgan fingerprint density at radius 1 is 1.24 bits per heavy atom. The van der Waals surface area contributed by atoms with Crippen LogP contribution in [0.3, 0.4) is 0 Å². The van der Waals surface area contributed by atoms with E-state index in [-0.39, 0.29) is 0 Å². The van der Waals surface area contributed by atoms with E-state index in [1.54, 1.807) is 6.33 Å². The minimum atomic E-state index is 0.810. The van der Waals surface area contributed by atoms with Crippen LogP contribution in [0.2, 0.25) is 0 Å². The Hall–Kier alpha value is -0.490. The molecular weight excluding hydrogens is 300 g/mol. The van der Waals surface area contributed by atoms with E-state index in [9.17, 15) is 0 Å². The van der Waals surface area contributed by atoms with E-state index < -0.39 is 0 Å². The maximum atomic E-state index is 4.21. The molecule has 0 radical (unpaired) electrons. The second-order valence-electron chi connectivity index (χ2n) is 3.62. The Kier molecular flexibility index (Phi) is 7.35. The summed E-state index contributed by atoms with van der Waals surface area (Å²) < 4.78 is 0.895. The van der Waals surface area contributed by atoms with Crippen LogP contribution in [0.5, 0.6) is 0 Å². The minimum Gasteiger partial charge on any atom is -0.372 e. The van der Waals surface area contributed by atoms with Crippen LogP contribution in [0.15, 0.2) is 10.8 Å². The summed E-state index contributed by atoms with van der Waals surface area (Å²) in [5.41, 5.74) is 0. The molecule has 6 heteroatoms. The summed E-state index contributed by atoms with van der Waals surface area (Å²) in [6, 6.07) is 0. The van der Waals surface area contributed by atoms with Crippen molar-refractivity contribution in [3.63, 3.8) is 0 Å². The molecular formula is C11H19BrN4S. The van der Waals surface area contributed by atoms with Crippen molar-refractivity contribution in [2.75, 3.05) is 36.2 Å². The van der Waals surface area contributed by atoms with E-state index in [4.69, 9.17) is 0 Å². The molecule has 0 aliphatic heterocycles. The lowest BCUT2D eigenvalue weighted by molar-refractivity contribution is 0.748. The molecule has 0 fully saturated rings. The third-order valence-corrected chi connectivity index (χ3v) is 3.79. The average Bonchev–Trinajstić information content (AvgIpc) is 2.35. The first-order chi connectivity index (χ1) is 8.29. The molecule has 1 aromatic heterocycles. The molecule has 0 aromatic carbocycles. The highest BCUT2D eigenvalue weighted by atomic mass is 79.9. The van der Waals surface area contributed by atoms with Crippen LogP contribution in [0.25, 0.3) is 0 Å². The number of hydrogen-bond donors (Lipinski definition) is 2. The van der Waals surface area contributed by atoms with Gasteiger partial charge in [-0.2, -0.15) is 11.8 Å². The molecule has 2 N–H and O–H groups in total. The first-order valence-corrected chi connectivity index (χ1v) is 7.89. The first kappa shape index (κ1) is 14.6. The van der Waals surface area contributed by atoms with Crippen molar-refractivity contribution in [2.24, 2.45) is 0 Å². The summed E-state index contributed by atoms with van der Waals surface area (Å²) in [5.74, 6) is 2.92. The first-order valence-electron chi connectivity index (χ1n) is 5.70. The van der Waals surface area contributed by atoms with E-state index in [1.807, 2.05) is 18.8 Å². The van der Waals surface area contributed by atoms with Gasteiger partial charge < -0.3 is 10.6 Å². The fraction of sp³-hybridized carbons (Fsp3) is 0.636. The number of halogens is 1. The number of thioether (sulfide) groups is 1. The molecule has 17 heavy (non-hydrogen) atoms. The number of unbranched alkanes of at least 4 members (excludes halogenated alkanes) is 2. The van der Waals surface area contributed by atoms with Gasteiger partial charge in [0.25, 0.3) is 0 Å². The van der Waals surface area contributed by atoms with Gasteiger partial charge in [-0.1, -0.05) is 6.42 Å². The second kappa shape index (κ2) is 8.58. The van der Waals surface area contributed by atoms with Crippen molar-refractivity contribution in [1.29, 1.82) is 0 Å². The van der Waals surface area contributed by atoms with E-state index in [1.165, 1.54) is 25.0 Å². The Balaban J connectivity index is 2.31. The van der Waals surface area contributed by atoms with E-state index >= 15 is 0 Å². The van der Waals surface area contributed by atoms with Crippen molar-refractivity contribution in [2.45, 2.75) is 19.3 Å². The van der Waals surface area contributed by atoms with Gasteiger partial charge in [-0.15, -0.1) is 0 Å². The molecule has 4 nitrogen and oxygen atoms in total. The highest BCUT2D eigenvalue weighted by Gasteiger charge is 2.05. The highest BCUT2D eigenvalue weighted by molar-refractivity contribution is 9.10. The van der Waals surface area contributed by atoms with Gasteiger partial charge in [-0.3, -0.25) is 0 Å². The quantitative estimate of drug-likeness (QED) is 0.721. The Bertz CT molecular complexity index is 335. The summed E-state index contributed by atoms with van der Waals surface area (Å²) in [6.45, 7) is 0.952. The van der Waals surface area contributed by atoms with Crippen LogP contribution in [0, 0.1) is 0 Å². The van der Waals surface area contributed by atoms with Crippen LogP contribution in [0.4, 0.5) is 11.6 Å². The largest absolute Gasteiger partial charge is 0.372 e. The third kappa shape index (κ3) is 5.12. The fourth-order valence-electron chi connectivity index (χ4n) is 1.42. The van der Waals surface area contributed by atoms with E-state index in [0.29, 0.717) is 0 Å². The van der Waals surface area contributed by atoms with Gasteiger partial charge >= 0.3 is 0 Å². The molecule has 96 valence electrons. The molecule has 0 saturated carbocycles. The topological polar surface area (TPSA) is 49.8 Å². The van der Waals surface area contributed by atoms with Crippen LogP contribution >= 0.6 is 27.7 Å². The predicted octanol–water partition coefficient (Wildman–Crippen LogP) is 3.23. The SMILES string of the molecule is CNc1ncnc(NCCCCCSC)c1Br. The lowest BCUT2D eigenvalue weighted by atomic mass is 10.2. The summed E-state index contributed by atoms with van der Waals surface area (Å²) in [6.07, 6.45) is 7.43. The number of nitrogens with zero attached hydrogens (tertiary/aromatic N) is 2. The van der Waals surface area contributed by atoms with Gasteiger partial charge in [0.2, 0.25) is 0 Å². The van der Waals surface area contributed by atoms with Gasteiger partial charge in [-0.05, 0) is 40.8 Å². The monoisotopic (exact) mass is 318 g/mol. The average molecular weight is 319 g/mol. The van der Waals surface area contributed by atoms with Gasteiger partial charge in [0.15, 0.2) is 0 Å². The summed E-state index contributed by atoms with van der Waals surface area (Å²) in [7, 11) is 1.85. The fourth-order valence-corrected chi connectivity index (χ4v) is 2.46. The molecule has 1 rings (SSSR count). The van der Waals surface area contributed by atoms with Crippen molar-refractivity contribution < 1.29 is 0 Å². The van der Waals surface area contributed by atoms with E-state index in [0.717, 1.165) is 22.7 Å². The lowest BCUT2D eigenvalue weighted by Gasteiger charge is -2.09. The smallest absolute Gasteiger partial charge is 0.145 e. The predicted molar refractivity (Wildman–Crippen MR) is 80.0 cm³/mol. The molecule has 0 aliphatic carbocycles. The number of nitrogens with one attached hydrogen (secondary N) is 2. The maximum Gasteiger partial charge on any atom is 0.145 e. The molecule has 1 heterocycles. The third-order valence-electron chi connectivity index (χ3n) is 2.34. The molecule has 0 spiro atoms. The number of anilines is 2. The molecule has 0 saturated heterocycles. The number of aromatic nitrogens is 2. The molecule has 0 aliphatic rings. The summed E-state index contributed by atoms with van der Waals surface area (Å²) in [4.78, 5) is 8.32. The van der Waals surface area contributed by atoms with Crippen LogP contribution in [0.1, 0.15) is 19.3 Å². The summed E-state index contributed by atoms with van der Waals surface area (Å²) in [5, 5.41) is 6.33. The number of hydrogen-bond acceptors (Lipinski definition) is 5.